The molecule has 3 unspecified atom stereocenters. The van der Waals surface area contributed by atoms with Crippen LogP contribution < -0.4 is 19.7 Å². The molecular formula is C34H37F2N5O4. The highest BCUT2D eigenvalue weighted by atomic mass is 19.1. The van der Waals surface area contributed by atoms with Crippen LogP contribution in [-0.4, -0.2) is 71.7 Å². The highest BCUT2D eigenvalue weighted by molar-refractivity contribution is 6.02. The standard InChI is InChI=1S/C34H37F2N5O4/c1-43-31-26-29(27(36)28(38-31)22-17-21(42)16-20-6-2-7-23(35)25(20)22)39-32(44-19-33-9-3-8-24(33)37-13-4-10-33)40-30(26)41-14-5-11-34(18-41)12-15-45-34/h2,6-7,16-17,24,37,42H,3-5,8-15,18-19H2,1H3. The first-order valence-corrected chi connectivity index (χ1v) is 16.0. The van der Waals surface area contributed by atoms with Crippen LogP contribution in [0.15, 0.2) is 30.3 Å². The smallest absolute Gasteiger partial charge is 0.319 e. The first kappa shape index (κ1) is 28.6. The van der Waals surface area contributed by atoms with Gasteiger partial charge < -0.3 is 29.5 Å². The Morgan fingerprint density at radius 1 is 1.07 bits per heavy atom. The number of pyridine rings is 1. The molecule has 4 aliphatic rings. The second-order valence-corrected chi connectivity index (χ2v) is 13.1. The molecule has 0 radical (unpaired) electrons. The van der Waals surface area contributed by atoms with Crippen LogP contribution >= 0.6 is 0 Å². The highest BCUT2D eigenvalue weighted by Gasteiger charge is 2.46. The Morgan fingerprint density at radius 2 is 1.93 bits per heavy atom. The third-order valence-corrected chi connectivity index (χ3v) is 10.5. The summed E-state index contributed by atoms with van der Waals surface area (Å²) in [6, 6.07) is 7.73. The number of phenolic OH excluding ortho intramolecular Hbond substituents is 1. The monoisotopic (exact) mass is 617 g/mol. The topological polar surface area (TPSA) is 102 Å². The maximum absolute atomic E-state index is 16.9. The van der Waals surface area contributed by atoms with Crippen LogP contribution in [0.4, 0.5) is 14.6 Å². The number of nitrogens with one attached hydrogen (secondary N) is 1. The zero-order valence-corrected chi connectivity index (χ0v) is 25.4. The van der Waals surface area contributed by atoms with Crippen molar-refractivity contribution in [2.45, 2.75) is 63.0 Å². The van der Waals surface area contributed by atoms with Crippen LogP contribution in [0, 0.1) is 17.0 Å². The van der Waals surface area contributed by atoms with Gasteiger partial charge in [-0.15, -0.1) is 0 Å². The lowest BCUT2D eigenvalue weighted by atomic mass is 9.76. The Balaban J connectivity index is 1.30. The first-order chi connectivity index (χ1) is 21.9. The Hall–Kier alpha value is -3.83. The summed E-state index contributed by atoms with van der Waals surface area (Å²) in [5, 5.41) is 15.1. The van der Waals surface area contributed by atoms with E-state index in [1.807, 2.05) is 0 Å². The normalized spacial score (nSPS) is 26.3. The quantitative estimate of drug-likeness (QED) is 0.274. The number of rotatable bonds is 6. The fourth-order valence-corrected chi connectivity index (χ4v) is 8.19. The third kappa shape index (κ3) is 4.74. The van der Waals surface area contributed by atoms with E-state index < -0.39 is 11.6 Å². The number of ether oxygens (including phenoxy) is 3. The number of nitrogens with zero attached hydrogens (tertiary/aromatic N) is 4. The molecule has 1 saturated carbocycles. The van der Waals surface area contributed by atoms with Gasteiger partial charge in [-0.3, -0.25) is 0 Å². The van der Waals surface area contributed by atoms with Gasteiger partial charge in [-0.05, 0) is 68.7 Å². The molecule has 0 amide bonds. The van der Waals surface area contributed by atoms with E-state index in [-0.39, 0.29) is 50.8 Å². The summed E-state index contributed by atoms with van der Waals surface area (Å²) in [4.78, 5) is 16.2. The minimum absolute atomic E-state index is 0.0106. The van der Waals surface area contributed by atoms with Gasteiger partial charge in [-0.1, -0.05) is 18.6 Å². The molecule has 3 atom stereocenters. The summed E-state index contributed by atoms with van der Waals surface area (Å²) >= 11 is 0. The number of anilines is 1. The SMILES string of the molecule is COc1nc(-c2cc(O)cc3cccc(F)c23)c(F)c2nc(OCC34CCCNC3CCC4)nc(N3CCCC4(CCO4)C3)c12. The fourth-order valence-electron chi connectivity index (χ4n) is 8.19. The van der Waals surface area contributed by atoms with Gasteiger partial charge >= 0.3 is 6.01 Å². The van der Waals surface area contributed by atoms with E-state index in [0.29, 0.717) is 42.3 Å². The molecule has 1 spiro atoms. The summed E-state index contributed by atoms with van der Waals surface area (Å²) in [7, 11) is 1.46. The Labute approximate surface area is 259 Å². The molecule has 2 aromatic heterocycles. The fraction of sp³-hybridized carbons (Fsp3) is 0.500. The molecule has 2 aromatic carbocycles. The van der Waals surface area contributed by atoms with Crippen molar-refractivity contribution in [2.24, 2.45) is 5.41 Å². The molecular weight excluding hydrogens is 580 g/mol. The van der Waals surface area contributed by atoms with E-state index >= 15 is 8.78 Å². The molecule has 9 nitrogen and oxygen atoms in total. The average molecular weight is 618 g/mol. The minimum Gasteiger partial charge on any atom is -0.508 e. The lowest BCUT2D eigenvalue weighted by molar-refractivity contribution is -0.151. The zero-order chi connectivity index (χ0) is 30.8. The zero-order valence-electron chi connectivity index (χ0n) is 25.4. The third-order valence-electron chi connectivity index (χ3n) is 10.5. The molecule has 3 aliphatic heterocycles. The van der Waals surface area contributed by atoms with Crippen molar-refractivity contribution in [3.8, 4) is 28.9 Å². The van der Waals surface area contributed by atoms with E-state index in [9.17, 15) is 5.11 Å². The minimum atomic E-state index is -0.766. The molecule has 3 saturated heterocycles. The van der Waals surface area contributed by atoms with Gasteiger partial charge in [0.15, 0.2) is 5.82 Å². The summed E-state index contributed by atoms with van der Waals surface area (Å²) in [5.74, 6) is -0.871. The summed E-state index contributed by atoms with van der Waals surface area (Å²) in [6.07, 6.45) is 8.24. The van der Waals surface area contributed by atoms with Gasteiger partial charge in [-0.2, -0.15) is 9.97 Å². The Bertz CT molecular complexity index is 1800. The van der Waals surface area contributed by atoms with Crippen molar-refractivity contribution >= 4 is 27.5 Å². The molecule has 11 heteroatoms. The van der Waals surface area contributed by atoms with Crippen LogP contribution in [0.5, 0.6) is 17.6 Å². The number of benzene rings is 2. The Kier molecular flexibility index (Phi) is 6.94. The molecule has 5 heterocycles. The van der Waals surface area contributed by atoms with Crippen molar-refractivity contribution in [3.05, 3.63) is 42.0 Å². The molecule has 2 N–H and O–H groups in total. The van der Waals surface area contributed by atoms with E-state index in [2.05, 4.69) is 20.2 Å². The maximum Gasteiger partial charge on any atom is 0.319 e. The van der Waals surface area contributed by atoms with Crippen LogP contribution in [0.2, 0.25) is 0 Å². The lowest BCUT2D eigenvalue weighted by Gasteiger charge is -2.48. The van der Waals surface area contributed by atoms with Crippen LogP contribution in [0.3, 0.4) is 0 Å². The first-order valence-electron chi connectivity index (χ1n) is 16.0. The number of fused-ring (bicyclic) bond motifs is 3. The van der Waals surface area contributed by atoms with Crippen molar-refractivity contribution < 1.29 is 28.1 Å². The maximum atomic E-state index is 16.9. The van der Waals surface area contributed by atoms with Crippen molar-refractivity contribution in [2.75, 3.05) is 44.9 Å². The predicted octanol–water partition coefficient (Wildman–Crippen LogP) is 5.90. The number of hydrogen-bond donors (Lipinski definition) is 2. The van der Waals surface area contributed by atoms with Crippen LogP contribution in [0.1, 0.15) is 51.4 Å². The number of hydrogen-bond acceptors (Lipinski definition) is 9. The Morgan fingerprint density at radius 3 is 2.76 bits per heavy atom. The van der Waals surface area contributed by atoms with E-state index in [1.54, 1.807) is 12.1 Å². The van der Waals surface area contributed by atoms with Gasteiger partial charge in [0.2, 0.25) is 5.88 Å². The average Bonchev–Trinajstić information content (AvgIpc) is 3.47. The second-order valence-electron chi connectivity index (χ2n) is 13.1. The van der Waals surface area contributed by atoms with E-state index in [4.69, 9.17) is 19.2 Å². The van der Waals surface area contributed by atoms with Gasteiger partial charge in [-0.25, -0.2) is 13.8 Å². The predicted molar refractivity (Wildman–Crippen MR) is 166 cm³/mol. The van der Waals surface area contributed by atoms with Gasteiger partial charge in [0.05, 0.1) is 25.9 Å². The van der Waals surface area contributed by atoms with Crippen LogP contribution in [-0.2, 0) is 4.74 Å². The second kappa shape index (κ2) is 10.9. The lowest BCUT2D eigenvalue weighted by Crippen LogP contribution is -2.56. The molecule has 1 aliphatic carbocycles. The van der Waals surface area contributed by atoms with Crippen molar-refractivity contribution in [1.29, 1.82) is 0 Å². The molecule has 4 fully saturated rings. The molecule has 8 rings (SSSR count). The highest BCUT2D eigenvalue weighted by Crippen LogP contribution is 2.46. The molecule has 236 valence electrons. The van der Waals surface area contributed by atoms with Crippen molar-refractivity contribution in [1.82, 2.24) is 20.3 Å². The summed E-state index contributed by atoms with van der Waals surface area (Å²) in [6.45, 7) is 3.46. The molecule has 0 bridgehead atoms. The summed E-state index contributed by atoms with van der Waals surface area (Å²) < 4.78 is 50.4. The van der Waals surface area contributed by atoms with Gasteiger partial charge in [0, 0.05) is 41.9 Å². The molecule has 4 aromatic rings. The van der Waals surface area contributed by atoms with Gasteiger partial charge in [0.1, 0.15) is 34.0 Å². The van der Waals surface area contributed by atoms with E-state index in [0.717, 1.165) is 64.5 Å². The molecule has 45 heavy (non-hydrogen) atoms. The number of phenols is 1. The van der Waals surface area contributed by atoms with Crippen LogP contribution in [0.25, 0.3) is 32.9 Å². The number of piperidine rings is 2. The number of aromatic hydroxyl groups is 1. The largest absolute Gasteiger partial charge is 0.508 e. The number of halogens is 2. The van der Waals surface area contributed by atoms with E-state index in [1.165, 1.54) is 25.3 Å². The number of methoxy groups -OCH3 is 1. The van der Waals surface area contributed by atoms with Gasteiger partial charge in [0.25, 0.3) is 0 Å². The number of aromatic nitrogens is 3. The summed E-state index contributed by atoms with van der Waals surface area (Å²) in [5.41, 5.74) is -0.365. The van der Waals surface area contributed by atoms with Crippen molar-refractivity contribution in [3.63, 3.8) is 0 Å².